The van der Waals surface area contributed by atoms with E-state index < -0.39 is 15.7 Å². The van der Waals surface area contributed by atoms with Crippen LogP contribution in [-0.2, 0) is 21.1 Å². The molecule has 0 heterocycles. The number of nitrogens with one attached hydrogen (secondary N) is 2. The highest BCUT2D eigenvalue weighted by atomic mass is 32.2. The van der Waals surface area contributed by atoms with Gasteiger partial charge in [0, 0.05) is 24.9 Å². The van der Waals surface area contributed by atoms with Crippen LogP contribution in [0.15, 0.2) is 53.4 Å². The van der Waals surface area contributed by atoms with Gasteiger partial charge in [0.15, 0.2) is 9.84 Å². The van der Waals surface area contributed by atoms with Gasteiger partial charge in [0.1, 0.15) is 5.82 Å². The Balaban J connectivity index is 1.75. The Bertz CT molecular complexity index is 896. The van der Waals surface area contributed by atoms with Crippen LogP contribution in [0, 0.1) is 5.82 Å². The molecule has 2 N–H and O–H groups in total. The molecule has 0 aromatic heterocycles. The third-order valence-corrected chi connectivity index (χ3v) is 4.66. The first-order valence-corrected chi connectivity index (χ1v) is 9.74. The topological polar surface area (TPSA) is 92.3 Å². The number of rotatable bonds is 7. The maximum Gasteiger partial charge on any atom is 0.251 e. The standard InChI is InChI=1S/C18H19FN2O4S/c1-26(24,25)16-7-5-14(6-8-16)18(23)21-10-9-20-17(22)12-13-3-2-4-15(19)11-13/h2-8,11H,9-10,12H2,1H3,(H,20,22)(H,21,23). The summed E-state index contributed by atoms with van der Waals surface area (Å²) in [5.41, 5.74) is 0.890. The molecule has 8 heteroatoms. The summed E-state index contributed by atoms with van der Waals surface area (Å²) in [7, 11) is -3.31. The Morgan fingerprint density at radius 1 is 1.00 bits per heavy atom. The molecule has 0 bridgehead atoms. The molecule has 2 rings (SSSR count). The van der Waals surface area contributed by atoms with Crippen molar-refractivity contribution >= 4 is 21.7 Å². The van der Waals surface area contributed by atoms with Gasteiger partial charge in [0.05, 0.1) is 11.3 Å². The van der Waals surface area contributed by atoms with Crippen molar-refractivity contribution in [1.82, 2.24) is 10.6 Å². The quantitative estimate of drug-likeness (QED) is 0.711. The van der Waals surface area contributed by atoms with Crippen LogP contribution in [0.4, 0.5) is 4.39 Å². The fraction of sp³-hybridized carbons (Fsp3) is 0.222. The molecule has 138 valence electrons. The molecule has 0 aliphatic carbocycles. The second-order valence-corrected chi connectivity index (χ2v) is 7.72. The first-order valence-electron chi connectivity index (χ1n) is 7.85. The van der Waals surface area contributed by atoms with Gasteiger partial charge in [-0.25, -0.2) is 12.8 Å². The summed E-state index contributed by atoms with van der Waals surface area (Å²) in [5, 5.41) is 5.25. The highest BCUT2D eigenvalue weighted by Crippen LogP contribution is 2.10. The average molecular weight is 378 g/mol. The van der Waals surface area contributed by atoms with Crippen LogP contribution in [-0.4, -0.2) is 39.6 Å². The fourth-order valence-electron chi connectivity index (χ4n) is 2.23. The highest BCUT2D eigenvalue weighted by Gasteiger charge is 2.10. The third-order valence-electron chi connectivity index (χ3n) is 3.53. The van der Waals surface area contributed by atoms with E-state index in [2.05, 4.69) is 10.6 Å². The molecule has 0 fully saturated rings. The Labute approximate surface area is 151 Å². The minimum absolute atomic E-state index is 0.0542. The first kappa shape index (κ1) is 19.6. The zero-order valence-electron chi connectivity index (χ0n) is 14.2. The van der Waals surface area contributed by atoms with E-state index in [1.165, 1.54) is 42.5 Å². The first-order chi connectivity index (χ1) is 12.3. The fourth-order valence-corrected chi connectivity index (χ4v) is 2.86. The molecule has 0 aliphatic heterocycles. The lowest BCUT2D eigenvalue weighted by molar-refractivity contribution is -0.120. The van der Waals surface area contributed by atoms with Crippen LogP contribution < -0.4 is 10.6 Å². The van der Waals surface area contributed by atoms with Gasteiger partial charge in [-0.3, -0.25) is 9.59 Å². The van der Waals surface area contributed by atoms with Crippen molar-refractivity contribution in [2.45, 2.75) is 11.3 Å². The van der Waals surface area contributed by atoms with Gasteiger partial charge in [-0.2, -0.15) is 0 Å². The van der Waals surface area contributed by atoms with Gasteiger partial charge in [-0.1, -0.05) is 12.1 Å². The summed E-state index contributed by atoms with van der Waals surface area (Å²) in [6.07, 6.45) is 1.15. The monoisotopic (exact) mass is 378 g/mol. The molecule has 0 atom stereocenters. The van der Waals surface area contributed by atoms with Crippen molar-refractivity contribution in [3.8, 4) is 0 Å². The third kappa shape index (κ3) is 5.96. The van der Waals surface area contributed by atoms with E-state index >= 15 is 0 Å². The lowest BCUT2D eigenvalue weighted by atomic mass is 10.1. The number of halogens is 1. The summed E-state index contributed by atoms with van der Waals surface area (Å²) >= 11 is 0. The summed E-state index contributed by atoms with van der Waals surface area (Å²) < 4.78 is 35.8. The minimum atomic E-state index is -3.31. The molecular weight excluding hydrogens is 359 g/mol. The molecule has 0 spiro atoms. The molecular formula is C18H19FN2O4S. The van der Waals surface area contributed by atoms with Crippen LogP contribution in [0.2, 0.25) is 0 Å². The Kier molecular flexibility index (Phi) is 6.46. The Hall–Kier alpha value is -2.74. The second kappa shape index (κ2) is 8.57. The van der Waals surface area contributed by atoms with Crippen molar-refractivity contribution < 1.29 is 22.4 Å². The van der Waals surface area contributed by atoms with Gasteiger partial charge in [-0.05, 0) is 42.0 Å². The normalized spacial score (nSPS) is 11.0. The predicted octanol–water partition coefficient (Wildman–Crippen LogP) is 1.32. The van der Waals surface area contributed by atoms with Crippen molar-refractivity contribution in [1.29, 1.82) is 0 Å². The zero-order valence-corrected chi connectivity index (χ0v) is 15.0. The molecule has 0 saturated heterocycles. The Morgan fingerprint density at radius 2 is 1.65 bits per heavy atom. The summed E-state index contributed by atoms with van der Waals surface area (Å²) in [6.45, 7) is 0.433. The van der Waals surface area contributed by atoms with E-state index in [1.54, 1.807) is 6.07 Å². The van der Waals surface area contributed by atoms with Gasteiger partial charge in [0.2, 0.25) is 5.91 Å². The molecule has 6 nitrogen and oxygen atoms in total. The second-order valence-electron chi connectivity index (χ2n) is 5.71. The minimum Gasteiger partial charge on any atom is -0.354 e. The summed E-state index contributed by atoms with van der Waals surface area (Å²) in [6, 6.07) is 11.4. The maximum absolute atomic E-state index is 13.1. The SMILES string of the molecule is CS(=O)(=O)c1ccc(C(=O)NCCNC(=O)Cc2cccc(F)c2)cc1. The van der Waals surface area contributed by atoms with E-state index in [1.807, 2.05) is 0 Å². The number of carbonyl (C=O) groups excluding carboxylic acids is 2. The molecule has 0 aliphatic rings. The number of hydrogen-bond donors (Lipinski definition) is 2. The number of benzene rings is 2. The Morgan fingerprint density at radius 3 is 2.27 bits per heavy atom. The zero-order chi connectivity index (χ0) is 19.2. The largest absolute Gasteiger partial charge is 0.354 e. The molecule has 0 radical (unpaired) electrons. The molecule has 2 amide bonds. The van der Waals surface area contributed by atoms with E-state index in [4.69, 9.17) is 0 Å². The smallest absolute Gasteiger partial charge is 0.251 e. The molecule has 0 saturated carbocycles. The van der Waals surface area contributed by atoms with Gasteiger partial charge < -0.3 is 10.6 Å². The molecule has 2 aromatic rings. The van der Waals surface area contributed by atoms with Gasteiger partial charge in [0.25, 0.3) is 5.91 Å². The van der Waals surface area contributed by atoms with E-state index in [-0.39, 0.29) is 36.2 Å². The molecule has 26 heavy (non-hydrogen) atoms. The van der Waals surface area contributed by atoms with Gasteiger partial charge >= 0.3 is 0 Å². The number of carbonyl (C=O) groups is 2. The summed E-state index contributed by atoms with van der Waals surface area (Å²) in [4.78, 5) is 23.9. The van der Waals surface area contributed by atoms with Crippen molar-refractivity contribution in [2.24, 2.45) is 0 Å². The van der Waals surface area contributed by atoms with Crippen LogP contribution in [0.1, 0.15) is 15.9 Å². The molecule has 0 unspecified atom stereocenters. The molecule has 2 aromatic carbocycles. The van der Waals surface area contributed by atoms with Crippen LogP contribution >= 0.6 is 0 Å². The van der Waals surface area contributed by atoms with E-state index in [0.717, 1.165) is 6.26 Å². The van der Waals surface area contributed by atoms with E-state index in [0.29, 0.717) is 11.1 Å². The number of sulfone groups is 1. The van der Waals surface area contributed by atoms with Crippen LogP contribution in [0.25, 0.3) is 0 Å². The number of hydrogen-bond acceptors (Lipinski definition) is 4. The predicted molar refractivity (Wildman–Crippen MR) is 95.0 cm³/mol. The van der Waals surface area contributed by atoms with E-state index in [9.17, 15) is 22.4 Å². The number of amides is 2. The lowest BCUT2D eigenvalue weighted by Crippen LogP contribution is -2.35. The van der Waals surface area contributed by atoms with Gasteiger partial charge in [-0.15, -0.1) is 0 Å². The van der Waals surface area contributed by atoms with Crippen molar-refractivity contribution in [2.75, 3.05) is 19.3 Å². The average Bonchev–Trinajstić information content (AvgIpc) is 2.58. The highest BCUT2D eigenvalue weighted by molar-refractivity contribution is 7.90. The lowest BCUT2D eigenvalue weighted by Gasteiger charge is -2.08. The van der Waals surface area contributed by atoms with Crippen molar-refractivity contribution in [3.63, 3.8) is 0 Å². The van der Waals surface area contributed by atoms with Crippen LogP contribution in [0.3, 0.4) is 0 Å². The van der Waals surface area contributed by atoms with Crippen LogP contribution in [0.5, 0.6) is 0 Å². The van der Waals surface area contributed by atoms with Crippen molar-refractivity contribution in [3.05, 3.63) is 65.5 Å². The maximum atomic E-state index is 13.1. The summed E-state index contributed by atoms with van der Waals surface area (Å²) in [5.74, 6) is -1.05.